The molecule has 0 aliphatic carbocycles. The number of ether oxygens (including phenoxy) is 2. The van der Waals surface area contributed by atoms with E-state index < -0.39 is 43.2 Å². The van der Waals surface area contributed by atoms with Crippen LogP contribution in [0.5, 0.6) is 5.75 Å². The fraction of sp³-hybridized carbons (Fsp3) is 0.533. The van der Waals surface area contributed by atoms with Crippen LogP contribution in [0.1, 0.15) is 12.0 Å². The van der Waals surface area contributed by atoms with Crippen LogP contribution in [-0.4, -0.2) is 68.9 Å². The Bertz CT molecular complexity index is 535. The molecule has 1 amide bonds. The van der Waals surface area contributed by atoms with Crippen molar-refractivity contribution in [3.63, 3.8) is 0 Å². The van der Waals surface area contributed by atoms with E-state index in [-0.39, 0.29) is 6.42 Å². The second-order valence-corrected chi connectivity index (χ2v) is 5.49. The number of aryl methyl sites for hydroxylation is 1. The summed E-state index contributed by atoms with van der Waals surface area (Å²) in [5.74, 6) is -0.147. The number of carbonyl (C=O) groups excluding carboxylic acids is 1. The third kappa shape index (κ3) is 4.41. The van der Waals surface area contributed by atoms with Gasteiger partial charge < -0.3 is 29.9 Å². The normalized spacial score (nSPS) is 30.0. The van der Waals surface area contributed by atoms with E-state index in [1.54, 1.807) is 29.7 Å². The summed E-state index contributed by atoms with van der Waals surface area (Å²) in [7, 11) is 0. The number of aliphatic hydroxyl groups excluding tert-OH is 4. The first-order valence-corrected chi connectivity index (χ1v) is 7.45. The number of rotatable bonds is 6. The third-order valence-electron chi connectivity index (χ3n) is 3.79. The second kappa shape index (κ2) is 8.38. The molecule has 9 nitrogen and oxygen atoms in total. The zero-order chi connectivity index (χ0) is 17.7. The molecule has 1 aliphatic heterocycles. The minimum absolute atomic E-state index is 0.128. The number of hydroxylamine groups is 1. The topological polar surface area (TPSA) is 149 Å². The van der Waals surface area contributed by atoms with Crippen molar-refractivity contribution in [3.05, 3.63) is 29.8 Å². The third-order valence-corrected chi connectivity index (χ3v) is 3.79. The van der Waals surface area contributed by atoms with Crippen molar-refractivity contribution in [2.24, 2.45) is 0 Å². The number of amides is 1. The molecule has 1 fully saturated rings. The van der Waals surface area contributed by atoms with Crippen molar-refractivity contribution in [2.75, 3.05) is 6.61 Å². The first kappa shape index (κ1) is 18.6. The van der Waals surface area contributed by atoms with Crippen LogP contribution in [-0.2, 0) is 16.0 Å². The molecular weight excluding hydrogens is 322 g/mol. The first-order valence-electron chi connectivity index (χ1n) is 7.45. The quantitative estimate of drug-likeness (QED) is 0.264. The van der Waals surface area contributed by atoms with Crippen molar-refractivity contribution < 1.29 is 39.9 Å². The number of nitrogens with one attached hydrogen (secondary N) is 1. The summed E-state index contributed by atoms with van der Waals surface area (Å²) in [5.41, 5.74) is 2.38. The van der Waals surface area contributed by atoms with Gasteiger partial charge in [-0.1, -0.05) is 12.1 Å². The summed E-state index contributed by atoms with van der Waals surface area (Å²) in [6.07, 6.45) is -6.15. The number of carbonyl (C=O) groups is 1. The molecule has 1 aromatic rings. The zero-order valence-corrected chi connectivity index (χ0v) is 12.8. The molecule has 0 saturated carbocycles. The largest absolute Gasteiger partial charge is 0.462 e. The van der Waals surface area contributed by atoms with E-state index in [0.29, 0.717) is 12.2 Å². The van der Waals surface area contributed by atoms with Crippen LogP contribution in [0.4, 0.5) is 0 Å². The Labute approximate surface area is 138 Å². The molecule has 0 bridgehead atoms. The van der Waals surface area contributed by atoms with Gasteiger partial charge in [0.25, 0.3) is 0 Å². The second-order valence-electron chi connectivity index (χ2n) is 5.49. The monoisotopic (exact) mass is 343 g/mol. The van der Waals surface area contributed by atoms with Gasteiger partial charge in [-0.3, -0.25) is 10.0 Å². The molecule has 0 radical (unpaired) electrons. The lowest BCUT2D eigenvalue weighted by Gasteiger charge is -2.39. The summed E-state index contributed by atoms with van der Waals surface area (Å²) < 4.78 is 10.7. The molecule has 0 spiro atoms. The van der Waals surface area contributed by atoms with Gasteiger partial charge in [0.05, 0.1) is 6.61 Å². The predicted octanol–water partition coefficient (Wildman–Crippen LogP) is -1.70. The Morgan fingerprint density at radius 2 is 1.79 bits per heavy atom. The molecule has 1 heterocycles. The van der Waals surface area contributed by atoms with Gasteiger partial charge in [0.15, 0.2) is 0 Å². The summed E-state index contributed by atoms with van der Waals surface area (Å²) >= 11 is 0. The molecule has 9 heteroatoms. The van der Waals surface area contributed by atoms with Gasteiger partial charge in [0.1, 0.15) is 30.2 Å². The number of hydrogen-bond acceptors (Lipinski definition) is 8. The summed E-state index contributed by atoms with van der Waals surface area (Å²) in [6, 6.07) is 6.58. The smallest absolute Gasteiger partial charge is 0.243 e. The van der Waals surface area contributed by atoms with Crippen molar-refractivity contribution in [1.29, 1.82) is 0 Å². The average molecular weight is 343 g/mol. The molecule has 6 N–H and O–H groups in total. The van der Waals surface area contributed by atoms with E-state index in [2.05, 4.69) is 0 Å². The van der Waals surface area contributed by atoms with Crippen molar-refractivity contribution in [1.82, 2.24) is 5.48 Å². The van der Waals surface area contributed by atoms with Crippen molar-refractivity contribution in [3.8, 4) is 5.75 Å². The van der Waals surface area contributed by atoms with Crippen LogP contribution in [0, 0.1) is 0 Å². The standard InChI is InChI=1S/C15H21NO8/c17-7-10-12(19)13(20)14(21)15(24-10)23-9-4-1-8(2-5-9)3-6-11(18)16-22/h1-2,4-5,10,12-15,17,19-22H,3,6-7H2,(H,16,18)/t10-,12-,13+,14-,15-/m1/s1. The Kier molecular flexibility index (Phi) is 6.49. The molecule has 24 heavy (non-hydrogen) atoms. The van der Waals surface area contributed by atoms with Gasteiger partial charge in [0.2, 0.25) is 12.2 Å². The van der Waals surface area contributed by atoms with Crippen LogP contribution in [0.3, 0.4) is 0 Å². The summed E-state index contributed by atoms with van der Waals surface area (Å²) in [6.45, 7) is -0.531. The predicted molar refractivity (Wildman–Crippen MR) is 79.1 cm³/mol. The molecule has 0 unspecified atom stereocenters. The van der Waals surface area contributed by atoms with Crippen molar-refractivity contribution >= 4 is 5.91 Å². The van der Waals surface area contributed by atoms with Crippen LogP contribution < -0.4 is 10.2 Å². The van der Waals surface area contributed by atoms with E-state index in [1.807, 2.05) is 0 Å². The van der Waals surface area contributed by atoms with Gasteiger partial charge in [-0.05, 0) is 24.1 Å². The zero-order valence-electron chi connectivity index (χ0n) is 12.8. The lowest BCUT2D eigenvalue weighted by Crippen LogP contribution is -2.60. The maximum absolute atomic E-state index is 11.0. The average Bonchev–Trinajstić information content (AvgIpc) is 2.61. The van der Waals surface area contributed by atoms with Crippen LogP contribution in [0.25, 0.3) is 0 Å². The Hall–Kier alpha value is -1.75. The highest BCUT2D eigenvalue weighted by molar-refractivity contribution is 5.74. The molecule has 1 aliphatic rings. The molecule has 1 saturated heterocycles. The SMILES string of the molecule is O=C(CCc1ccc(O[C@@H]2O[C@H](CO)[C@@H](O)[C@H](O)[C@H]2O)cc1)NO. The van der Waals surface area contributed by atoms with Crippen LogP contribution in [0.2, 0.25) is 0 Å². The van der Waals surface area contributed by atoms with Gasteiger partial charge in [-0.25, -0.2) is 5.48 Å². The highest BCUT2D eigenvalue weighted by Crippen LogP contribution is 2.24. The van der Waals surface area contributed by atoms with E-state index in [4.69, 9.17) is 19.8 Å². The highest BCUT2D eigenvalue weighted by atomic mass is 16.7. The fourth-order valence-electron chi connectivity index (χ4n) is 2.35. The summed E-state index contributed by atoms with van der Waals surface area (Å²) in [4.78, 5) is 11.0. The van der Waals surface area contributed by atoms with Crippen LogP contribution in [0.15, 0.2) is 24.3 Å². The van der Waals surface area contributed by atoms with Crippen molar-refractivity contribution in [2.45, 2.75) is 43.5 Å². The molecule has 134 valence electrons. The lowest BCUT2D eigenvalue weighted by molar-refractivity contribution is -0.277. The van der Waals surface area contributed by atoms with Gasteiger partial charge in [-0.2, -0.15) is 0 Å². The van der Waals surface area contributed by atoms with E-state index in [1.165, 1.54) is 0 Å². The minimum Gasteiger partial charge on any atom is -0.462 e. The maximum atomic E-state index is 11.0. The van der Waals surface area contributed by atoms with Gasteiger partial charge in [-0.15, -0.1) is 0 Å². The molecule has 2 rings (SSSR count). The Morgan fingerprint density at radius 3 is 2.38 bits per heavy atom. The number of benzene rings is 1. The fourth-order valence-corrected chi connectivity index (χ4v) is 2.35. The number of aliphatic hydroxyl groups is 4. The van der Waals surface area contributed by atoms with Crippen LogP contribution >= 0.6 is 0 Å². The maximum Gasteiger partial charge on any atom is 0.243 e. The highest BCUT2D eigenvalue weighted by Gasteiger charge is 2.44. The number of hydrogen-bond donors (Lipinski definition) is 6. The van der Waals surface area contributed by atoms with Gasteiger partial charge >= 0.3 is 0 Å². The van der Waals surface area contributed by atoms with E-state index in [9.17, 15) is 20.1 Å². The van der Waals surface area contributed by atoms with E-state index >= 15 is 0 Å². The van der Waals surface area contributed by atoms with Gasteiger partial charge in [0, 0.05) is 6.42 Å². The Morgan fingerprint density at radius 1 is 1.12 bits per heavy atom. The first-order chi connectivity index (χ1) is 11.5. The lowest BCUT2D eigenvalue weighted by atomic mass is 9.99. The minimum atomic E-state index is -1.50. The molecule has 1 aromatic carbocycles. The molecular formula is C15H21NO8. The Balaban J connectivity index is 1.96. The molecule has 0 aromatic heterocycles. The molecule has 5 atom stereocenters. The summed E-state index contributed by atoms with van der Waals surface area (Å²) in [5, 5.41) is 46.9. The van der Waals surface area contributed by atoms with E-state index in [0.717, 1.165) is 5.56 Å².